The van der Waals surface area contributed by atoms with Crippen LogP contribution in [0.2, 0.25) is 0 Å². The van der Waals surface area contributed by atoms with E-state index in [0.29, 0.717) is 18.7 Å². The summed E-state index contributed by atoms with van der Waals surface area (Å²) in [5, 5.41) is 2.89. The molecule has 2 fully saturated rings. The molecule has 0 aliphatic carbocycles. The predicted molar refractivity (Wildman–Crippen MR) is 112 cm³/mol. The molecule has 2 aliphatic heterocycles. The van der Waals surface area contributed by atoms with Gasteiger partial charge in [-0.2, -0.15) is 0 Å². The number of rotatable bonds is 6. The Kier molecular flexibility index (Phi) is 5.76. The Morgan fingerprint density at radius 1 is 1.10 bits per heavy atom. The highest BCUT2D eigenvalue weighted by molar-refractivity contribution is 7.91. The van der Waals surface area contributed by atoms with Crippen LogP contribution in [-0.2, 0) is 26.0 Å². The monoisotopic (exact) mass is 428 g/mol. The second-order valence-corrected chi connectivity index (χ2v) is 10.0. The maximum absolute atomic E-state index is 12.6. The lowest BCUT2D eigenvalue weighted by atomic mass is 10.1. The lowest BCUT2D eigenvalue weighted by Crippen LogP contribution is -2.39. The molecule has 2 aliphatic rings. The molecule has 2 heterocycles. The van der Waals surface area contributed by atoms with Crippen LogP contribution in [0.3, 0.4) is 0 Å². The number of nitrogens with zero attached hydrogens (tertiary/aromatic N) is 1. The quantitative estimate of drug-likeness (QED) is 0.761. The molecule has 0 unspecified atom stereocenters. The summed E-state index contributed by atoms with van der Waals surface area (Å²) in [5.41, 5.74) is 0.889. The van der Waals surface area contributed by atoms with Gasteiger partial charge in [-0.3, -0.25) is 9.59 Å². The van der Waals surface area contributed by atoms with Crippen LogP contribution < -0.4 is 10.1 Å². The molecule has 2 amide bonds. The fraction of sp³-hybridized carbons (Fsp3) is 0.364. The lowest BCUT2D eigenvalue weighted by molar-refractivity contribution is -0.130. The molecule has 0 spiro atoms. The zero-order valence-corrected chi connectivity index (χ0v) is 17.3. The Bertz CT molecular complexity index is 1040. The summed E-state index contributed by atoms with van der Waals surface area (Å²) < 4.78 is 29.2. The van der Waals surface area contributed by atoms with Crippen molar-refractivity contribution in [1.29, 1.82) is 0 Å². The van der Waals surface area contributed by atoms with Crippen molar-refractivity contribution in [2.24, 2.45) is 5.92 Å². The smallest absolute Gasteiger partial charge is 0.225 e. The van der Waals surface area contributed by atoms with Gasteiger partial charge in [0.25, 0.3) is 0 Å². The molecule has 0 saturated carbocycles. The van der Waals surface area contributed by atoms with E-state index in [1.54, 1.807) is 4.90 Å². The third-order valence-electron chi connectivity index (χ3n) is 5.52. The van der Waals surface area contributed by atoms with Gasteiger partial charge >= 0.3 is 0 Å². The van der Waals surface area contributed by atoms with E-state index in [0.717, 1.165) is 11.3 Å². The maximum atomic E-state index is 12.6. The Balaban J connectivity index is 1.32. The van der Waals surface area contributed by atoms with E-state index < -0.39 is 15.8 Å². The number of carbonyl (C=O) groups excluding carboxylic acids is 2. The number of likely N-dealkylation sites (tertiary alicyclic amines) is 1. The van der Waals surface area contributed by atoms with E-state index in [1.807, 2.05) is 54.6 Å². The van der Waals surface area contributed by atoms with E-state index >= 15 is 0 Å². The summed E-state index contributed by atoms with van der Waals surface area (Å²) in [5.74, 6) is 0.733. The molecule has 158 valence electrons. The van der Waals surface area contributed by atoms with Crippen LogP contribution in [0.4, 0.5) is 0 Å². The molecule has 1 N–H and O–H groups in total. The summed E-state index contributed by atoms with van der Waals surface area (Å²) >= 11 is 0. The molecule has 2 atom stereocenters. The molecule has 7 nitrogen and oxygen atoms in total. The topological polar surface area (TPSA) is 92.8 Å². The number of benzene rings is 2. The van der Waals surface area contributed by atoms with Crippen molar-refractivity contribution in [2.45, 2.75) is 25.4 Å². The first-order chi connectivity index (χ1) is 14.4. The number of hydrogen-bond donors (Lipinski definition) is 1. The van der Waals surface area contributed by atoms with Gasteiger partial charge in [0.1, 0.15) is 11.5 Å². The third-order valence-corrected chi connectivity index (χ3v) is 7.27. The lowest BCUT2D eigenvalue weighted by Gasteiger charge is -2.22. The summed E-state index contributed by atoms with van der Waals surface area (Å²) in [6.45, 7) is 0.606. The Morgan fingerprint density at radius 2 is 1.87 bits per heavy atom. The highest BCUT2D eigenvalue weighted by Crippen LogP contribution is 2.26. The number of para-hydroxylation sites is 1. The van der Waals surface area contributed by atoms with Crippen LogP contribution in [0.1, 0.15) is 18.4 Å². The number of ether oxygens (including phenoxy) is 1. The Morgan fingerprint density at radius 3 is 2.60 bits per heavy atom. The minimum absolute atomic E-state index is 0.00128. The van der Waals surface area contributed by atoms with Gasteiger partial charge in [0.05, 0.1) is 17.4 Å². The van der Waals surface area contributed by atoms with Crippen LogP contribution in [-0.4, -0.2) is 49.2 Å². The molecule has 2 saturated heterocycles. The van der Waals surface area contributed by atoms with Gasteiger partial charge < -0.3 is 15.0 Å². The molecule has 2 aromatic carbocycles. The largest absolute Gasteiger partial charge is 0.457 e. The second-order valence-electron chi connectivity index (χ2n) is 7.78. The molecule has 0 aromatic heterocycles. The van der Waals surface area contributed by atoms with Gasteiger partial charge in [-0.15, -0.1) is 0 Å². The van der Waals surface area contributed by atoms with Crippen molar-refractivity contribution in [2.75, 3.05) is 18.1 Å². The van der Waals surface area contributed by atoms with Crippen LogP contribution in [0.15, 0.2) is 54.6 Å². The van der Waals surface area contributed by atoms with Gasteiger partial charge in [0.15, 0.2) is 9.84 Å². The highest BCUT2D eigenvalue weighted by Gasteiger charge is 2.41. The van der Waals surface area contributed by atoms with Crippen LogP contribution >= 0.6 is 0 Å². The molecule has 0 bridgehead atoms. The first-order valence-electron chi connectivity index (χ1n) is 9.99. The minimum Gasteiger partial charge on any atom is -0.457 e. The van der Waals surface area contributed by atoms with Gasteiger partial charge in [0.2, 0.25) is 11.8 Å². The minimum atomic E-state index is -3.07. The first-order valence-corrected chi connectivity index (χ1v) is 11.8. The van der Waals surface area contributed by atoms with E-state index in [1.165, 1.54) is 0 Å². The molecule has 30 heavy (non-hydrogen) atoms. The number of sulfone groups is 1. The molecular formula is C22H24N2O5S. The second kappa shape index (κ2) is 8.47. The molecule has 8 heteroatoms. The summed E-state index contributed by atoms with van der Waals surface area (Å²) in [6, 6.07) is 16.6. The SMILES string of the molecule is O=C(NCc1cccc(Oc2ccccc2)c1)[C@@H]1CC(=O)N([C@@H]2CCS(=O)(=O)C2)C1. The van der Waals surface area contributed by atoms with Crippen LogP contribution in [0.25, 0.3) is 0 Å². The van der Waals surface area contributed by atoms with Crippen molar-refractivity contribution in [3.63, 3.8) is 0 Å². The van der Waals surface area contributed by atoms with E-state index in [-0.39, 0.29) is 42.3 Å². The van der Waals surface area contributed by atoms with E-state index in [4.69, 9.17) is 4.74 Å². The van der Waals surface area contributed by atoms with Crippen molar-refractivity contribution >= 4 is 21.7 Å². The number of hydrogen-bond acceptors (Lipinski definition) is 5. The fourth-order valence-corrected chi connectivity index (χ4v) is 5.69. The third kappa shape index (κ3) is 4.81. The number of amides is 2. The molecular weight excluding hydrogens is 404 g/mol. The van der Waals surface area contributed by atoms with Gasteiger partial charge in [-0.25, -0.2) is 8.42 Å². The fourth-order valence-electron chi connectivity index (χ4n) is 3.96. The highest BCUT2D eigenvalue weighted by atomic mass is 32.2. The zero-order valence-electron chi connectivity index (χ0n) is 16.5. The van der Waals surface area contributed by atoms with Crippen LogP contribution in [0, 0.1) is 5.92 Å². The van der Waals surface area contributed by atoms with Gasteiger partial charge in [-0.05, 0) is 36.2 Å². The number of nitrogens with one attached hydrogen (secondary N) is 1. The Hall–Kier alpha value is -2.87. The van der Waals surface area contributed by atoms with Crippen molar-refractivity contribution < 1.29 is 22.7 Å². The number of carbonyl (C=O) groups is 2. The van der Waals surface area contributed by atoms with Crippen molar-refractivity contribution in [3.05, 3.63) is 60.2 Å². The maximum Gasteiger partial charge on any atom is 0.225 e. The van der Waals surface area contributed by atoms with Crippen molar-refractivity contribution in [3.8, 4) is 11.5 Å². The summed E-state index contributed by atoms with van der Waals surface area (Å²) in [4.78, 5) is 26.5. The first kappa shape index (κ1) is 20.4. The average molecular weight is 429 g/mol. The molecule has 4 rings (SSSR count). The molecule has 2 aromatic rings. The summed E-state index contributed by atoms with van der Waals surface area (Å²) in [7, 11) is -3.07. The van der Waals surface area contributed by atoms with Gasteiger partial charge in [0, 0.05) is 25.6 Å². The summed E-state index contributed by atoms with van der Waals surface area (Å²) in [6.07, 6.45) is 0.580. The predicted octanol–water partition coefficient (Wildman–Crippen LogP) is 2.13. The average Bonchev–Trinajstić information content (AvgIpc) is 3.29. The van der Waals surface area contributed by atoms with Crippen molar-refractivity contribution in [1.82, 2.24) is 10.2 Å². The Labute approximate surface area is 175 Å². The van der Waals surface area contributed by atoms with Crippen LogP contribution in [0.5, 0.6) is 11.5 Å². The normalized spacial score (nSPS) is 22.8. The standard InChI is InChI=1S/C22H24N2O5S/c25-21-12-17(14-24(21)18-9-10-30(27,28)15-18)22(26)23-13-16-5-4-8-20(11-16)29-19-6-2-1-3-7-19/h1-8,11,17-18H,9-10,12-15H2,(H,23,26)/t17-,18-/m1/s1. The zero-order chi connectivity index (χ0) is 21.1. The van der Waals surface area contributed by atoms with Gasteiger partial charge in [-0.1, -0.05) is 30.3 Å². The van der Waals surface area contributed by atoms with E-state index in [9.17, 15) is 18.0 Å². The molecule has 0 radical (unpaired) electrons. The van der Waals surface area contributed by atoms with E-state index in [2.05, 4.69) is 5.32 Å².